The second kappa shape index (κ2) is 11.7. The molecule has 0 saturated carbocycles. The fourth-order valence-corrected chi connectivity index (χ4v) is 2.04. The fraction of sp³-hybridized carbons (Fsp3) is 0.833. The number of hydrogen-bond donors (Lipinski definition) is 0. The van der Waals surface area contributed by atoms with Crippen molar-refractivity contribution in [2.45, 2.75) is 41.5 Å². The van der Waals surface area contributed by atoms with Crippen molar-refractivity contribution in [1.29, 1.82) is 0 Å². The summed E-state index contributed by atoms with van der Waals surface area (Å²) >= 11 is -1.15. The summed E-state index contributed by atoms with van der Waals surface area (Å²) in [5, 5.41) is 0. The summed E-state index contributed by atoms with van der Waals surface area (Å²) in [6.45, 7) is 16.8. The zero-order chi connectivity index (χ0) is 14.6. The topological polar surface area (TPSA) is 52.6 Å². The molecule has 0 N–H and O–H groups in total. The number of rotatable bonds is 6. The maximum Gasteiger partial charge on any atom is 0.0757 e. The quantitative estimate of drug-likeness (QED) is 0.438. The molecule has 0 aliphatic heterocycles. The number of carbonyl (C=O) groups is 2. The maximum absolute atomic E-state index is 10.0. The van der Waals surface area contributed by atoms with Gasteiger partial charge in [0.05, 0.1) is 26.2 Å². The van der Waals surface area contributed by atoms with Gasteiger partial charge in [-0.05, 0) is 27.7 Å². The van der Waals surface area contributed by atoms with Crippen molar-refractivity contribution in [3.63, 3.8) is 0 Å². The molecule has 0 aliphatic carbocycles. The predicted molar refractivity (Wildman–Crippen MR) is 66.0 cm³/mol. The second-order valence-electron chi connectivity index (χ2n) is 3.81. The van der Waals surface area contributed by atoms with Gasteiger partial charge in [0.1, 0.15) is 0 Å². The Hall–Kier alpha value is -0.370. The van der Waals surface area contributed by atoms with Gasteiger partial charge in [0.2, 0.25) is 0 Å². The van der Waals surface area contributed by atoms with Gasteiger partial charge in [-0.1, -0.05) is 0 Å². The molecule has 0 heterocycles. The summed E-state index contributed by atoms with van der Waals surface area (Å²) in [5.74, 6) is -0.826. The van der Waals surface area contributed by atoms with E-state index in [1.54, 1.807) is 0 Å². The summed E-state index contributed by atoms with van der Waals surface area (Å²) in [7, 11) is 0. The molecular formula is C12H26INO4. The molecule has 0 spiro atoms. The van der Waals surface area contributed by atoms with Crippen molar-refractivity contribution in [2.75, 3.05) is 26.2 Å². The monoisotopic (exact) mass is 375 g/mol. The van der Waals surface area contributed by atoms with Gasteiger partial charge in [0, 0.05) is 0 Å². The first-order chi connectivity index (χ1) is 8.37. The van der Waals surface area contributed by atoms with E-state index in [0.29, 0.717) is 0 Å². The van der Waals surface area contributed by atoms with Crippen LogP contribution < -0.4 is 22.0 Å². The third-order valence-corrected chi connectivity index (χ3v) is 4.56. The zero-order valence-electron chi connectivity index (χ0n) is 12.3. The van der Waals surface area contributed by atoms with Crippen molar-refractivity contribution < 1.29 is 42.2 Å². The van der Waals surface area contributed by atoms with Crippen LogP contribution in [0.1, 0.15) is 41.5 Å². The largest absolute Gasteiger partial charge is 0.325 e. The van der Waals surface area contributed by atoms with Crippen LogP contribution in [0.4, 0.5) is 0 Å². The average molecular weight is 375 g/mol. The summed E-state index contributed by atoms with van der Waals surface area (Å²) in [4.78, 5) is 20.1. The zero-order valence-corrected chi connectivity index (χ0v) is 14.4. The molecule has 0 radical (unpaired) electrons. The molecule has 0 aromatic carbocycles. The van der Waals surface area contributed by atoms with Crippen molar-refractivity contribution in [2.24, 2.45) is 0 Å². The minimum Gasteiger partial charge on any atom is -0.325 e. The Bertz CT molecular complexity index is 211. The molecule has 0 saturated heterocycles. The summed E-state index contributed by atoms with van der Waals surface area (Å²) < 4.78 is 10.0. The molecule has 0 aromatic heterocycles. The number of carbonyl (C=O) groups excluding carboxylic acids is 2. The smallest absolute Gasteiger partial charge is 0.0757 e. The van der Waals surface area contributed by atoms with Gasteiger partial charge in [-0.3, -0.25) is 0 Å². The molecule has 0 fully saturated rings. The maximum atomic E-state index is 10.0. The molecule has 0 aliphatic rings. The third kappa shape index (κ3) is 10.8. The van der Waals surface area contributed by atoms with Crippen molar-refractivity contribution >= 4 is 11.9 Å². The Labute approximate surface area is 122 Å². The fourth-order valence-electron chi connectivity index (χ4n) is 1.45. The van der Waals surface area contributed by atoms with Gasteiger partial charge in [0.15, 0.2) is 0 Å². The van der Waals surface area contributed by atoms with Gasteiger partial charge in [-0.2, -0.15) is 0 Å². The molecular weight excluding hydrogens is 349 g/mol. The van der Waals surface area contributed by atoms with Gasteiger partial charge < -0.3 is 4.48 Å². The van der Waals surface area contributed by atoms with Gasteiger partial charge >= 0.3 is 63.5 Å². The number of nitrogens with zero attached hydrogens (tertiary/aromatic N) is 1. The third-order valence-electron chi connectivity index (χ3n) is 2.96. The molecule has 5 nitrogen and oxygen atoms in total. The first kappa shape index (κ1) is 20.0. The van der Waals surface area contributed by atoms with Crippen LogP contribution in [0, 0.1) is 0 Å². The Kier molecular flexibility index (Phi) is 13.0. The summed E-state index contributed by atoms with van der Waals surface area (Å²) in [5.41, 5.74) is 0. The van der Waals surface area contributed by atoms with E-state index in [2.05, 4.69) is 33.8 Å². The van der Waals surface area contributed by atoms with E-state index < -0.39 is 34.0 Å². The van der Waals surface area contributed by atoms with Crippen molar-refractivity contribution in [3.05, 3.63) is 0 Å². The minimum atomic E-state index is -1.15. The molecule has 0 unspecified atom stereocenters. The minimum absolute atomic E-state index is 0.413. The number of quaternary nitrogens is 1. The van der Waals surface area contributed by atoms with Crippen molar-refractivity contribution in [1.82, 2.24) is 0 Å². The van der Waals surface area contributed by atoms with E-state index in [4.69, 9.17) is 0 Å². The second-order valence-corrected chi connectivity index (χ2v) is 5.05. The Morgan fingerprint density at radius 3 is 1.22 bits per heavy atom. The van der Waals surface area contributed by atoms with Crippen LogP contribution in [0.15, 0.2) is 0 Å². The standard InChI is InChI=1S/C8H20N.C4H6IO4/c1-5-9(6-2,7-3)8-4;1-3(6)8-5-9-4(2)7/h5-8H2,1-4H3;1-2H3/q+1;-1. The molecule has 0 atom stereocenters. The van der Waals surface area contributed by atoms with E-state index in [1.165, 1.54) is 44.5 Å². The van der Waals surface area contributed by atoms with Crippen LogP contribution in [-0.2, 0) is 15.7 Å². The van der Waals surface area contributed by atoms with E-state index in [1.807, 2.05) is 0 Å². The Morgan fingerprint density at radius 1 is 0.833 bits per heavy atom. The van der Waals surface area contributed by atoms with Crippen molar-refractivity contribution in [3.8, 4) is 0 Å². The summed E-state index contributed by atoms with van der Waals surface area (Å²) in [6.07, 6.45) is 0. The first-order valence-electron chi connectivity index (χ1n) is 6.22. The van der Waals surface area contributed by atoms with Crippen LogP contribution in [-0.4, -0.2) is 42.6 Å². The van der Waals surface area contributed by atoms with E-state index in [9.17, 15) is 9.59 Å². The normalized spacial score (nSPS) is 10.3. The molecule has 0 amide bonds. The Morgan fingerprint density at radius 2 is 1.11 bits per heavy atom. The van der Waals surface area contributed by atoms with E-state index >= 15 is 0 Å². The van der Waals surface area contributed by atoms with Crippen LogP contribution in [0.3, 0.4) is 0 Å². The first-order valence-corrected chi connectivity index (χ1v) is 7.98. The van der Waals surface area contributed by atoms with Gasteiger partial charge in [0.25, 0.3) is 0 Å². The predicted octanol–water partition coefficient (Wildman–Crippen LogP) is -1.09. The molecule has 0 rings (SSSR count). The van der Waals surface area contributed by atoms with E-state index in [-0.39, 0.29) is 0 Å². The van der Waals surface area contributed by atoms with Gasteiger partial charge in [-0.15, -0.1) is 0 Å². The number of halogens is 1. The summed E-state index contributed by atoms with van der Waals surface area (Å²) in [6, 6.07) is 0. The Balaban J connectivity index is 0. The average Bonchev–Trinajstić information content (AvgIpc) is 2.32. The van der Waals surface area contributed by atoms with Gasteiger partial charge in [-0.25, -0.2) is 0 Å². The molecule has 18 heavy (non-hydrogen) atoms. The van der Waals surface area contributed by atoms with Crippen LogP contribution in [0.5, 0.6) is 0 Å². The molecule has 6 heteroatoms. The molecule has 0 bridgehead atoms. The van der Waals surface area contributed by atoms with Crippen LogP contribution in [0.25, 0.3) is 0 Å². The SMILES string of the molecule is CC(=O)O[I-]OC(C)=O.CC[N+](CC)(CC)CC. The van der Waals surface area contributed by atoms with Crippen LogP contribution >= 0.6 is 0 Å². The molecule has 0 aromatic rings. The van der Waals surface area contributed by atoms with Crippen LogP contribution in [0.2, 0.25) is 0 Å². The van der Waals surface area contributed by atoms with E-state index in [0.717, 1.165) is 0 Å². The number of hydrogen-bond acceptors (Lipinski definition) is 4. The molecule has 110 valence electrons.